The number of carbonyl (C=O) groups excluding carboxylic acids is 1. The summed E-state index contributed by atoms with van der Waals surface area (Å²) in [6.07, 6.45) is 1.90. The van der Waals surface area contributed by atoms with Crippen molar-refractivity contribution in [3.05, 3.63) is 99.4 Å². The highest BCUT2D eigenvalue weighted by molar-refractivity contribution is 7.90. The van der Waals surface area contributed by atoms with E-state index in [0.717, 1.165) is 28.2 Å². The van der Waals surface area contributed by atoms with Gasteiger partial charge in [-0.2, -0.15) is 0 Å². The summed E-state index contributed by atoms with van der Waals surface area (Å²) in [4.78, 5) is 25.2. The lowest BCUT2D eigenvalue weighted by molar-refractivity contribution is -0.132. The van der Waals surface area contributed by atoms with E-state index in [-0.39, 0.29) is 46.5 Å². The van der Waals surface area contributed by atoms with Crippen molar-refractivity contribution in [2.45, 2.75) is 44.2 Å². The van der Waals surface area contributed by atoms with Crippen LogP contribution in [0.15, 0.2) is 67.2 Å². The fourth-order valence-electron chi connectivity index (χ4n) is 4.86. The minimum atomic E-state index is -4.44. The van der Waals surface area contributed by atoms with E-state index in [2.05, 4.69) is 0 Å². The number of hydrogen-bond acceptors (Lipinski definition) is 6. The average Bonchev–Trinajstić information content (AvgIpc) is 3.51. The molecular formula is C26H21F3N2O6S. The Labute approximate surface area is 215 Å². The average molecular weight is 547 g/mol. The third-order valence-electron chi connectivity index (χ3n) is 6.61. The van der Waals surface area contributed by atoms with Crippen molar-refractivity contribution >= 4 is 15.9 Å². The number of aromatic nitrogens is 1. The fourth-order valence-corrected chi connectivity index (χ4v) is 6.30. The second kappa shape index (κ2) is 9.35. The third-order valence-corrected chi connectivity index (χ3v) is 8.26. The van der Waals surface area contributed by atoms with Crippen LogP contribution in [0.25, 0.3) is 11.3 Å². The molecule has 1 atom stereocenters. The summed E-state index contributed by atoms with van der Waals surface area (Å²) < 4.78 is 80.8. The zero-order chi connectivity index (χ0) is 27.4. The molecule has 4 aromatic rings. The molecule has 2 aromatic heterocycles. The molecule has 2 heterocycles. The van der Waals surface area contributed by atoms with E-state index in [1.165, 1.54) is 37.1 Å². The monoisotopic (exact) mass is 546 g/mol. The maximum absolute atomic E-state index is 15.0. The first-order valence-electron chi connectivity index (χ1n) is 11.5. The van der Waals surface area contributed by atoms with Crippen molar-refractivity contribution in [1.82, 2.24) is 8.87 Å². The zero-order valence-corrected chi connectivity index (χ0v) is 21.0. The topological polar surface area (TPSA) is 103 Å². The molecule has 0 radical (unpaired) electrons. The van der Waals surface area contributed by atoms with Gasteiger partial charge in [-0.25, -0.2) is 30.4 Å². The van der Waals surface area contributed by atoms with Gasteiger partial charge in [0.2, 0.25) is 5.91 Å². The van der Waals surface area contributed by atoms with Gasteiger partial charge in [0.05, 0.1) is 23.2 Å². The summed E-state index contributed by atoms with van der Waals surface area (Å²) in [5.41, 5.74) is 0.651. The molecular weight excluding hydrogens is 525 g/mol. The Morgan fingerprint density at radius 3 is 2.47 bits per heavy atom. The van der Waals surface area contributed by atoms with E-state index in [4.69, 9.17) is 8.83 Å². The van der Waals surface area contributed by atoms with Gasteiger partial charge >= 0.3 is 5.82 Å². The van der Waals surface area contributed by atoms with Crippen molar-refractivity contribution in [1.29, 1.82) is 0 Å². The molecule has 0 N–H and O–H groups in total. The lowest BCUT2D eigenvalue weighted by Crippen LogP contribution is -2.31. The van der Waals surface area contributed by atoms with E-state index in [1.54, 1.807) is 0 Å². The lowest BCUT2D eigenvalue weighted by Gasteiger charge is -2.27. The minimum Gasteiger partial charge on any atom is -0.396 e. The number of benzene rings is 2. The standard InChI is InChI=1S/C26H21F3N2O6S/c1-14-24(37-26(33)36-14)13-30(15(2)32)23-9-8-19-21(23)12-31(25(19)20-7-6-17(28)11-22(20)29)38(34,35)18-5-3-4-16(27)10-18/h3-7,10-12,23H,8-9,13H2,1-2H3. The number of nitrogens with zero attached hydrogens (tertiary/aromatic N) is 2. The van der Waals surface area contributed by atoms with Crippen LogP contribution in [0.1, 0.15) is 42.0 Å². The molecule has 1 aliphatic carbocycles. The molecule has 38 heavy (non-hydrogen) atoms. The summed E-state index contributed by atoms with van der Waals surface area (Å²) >= 11 is 0. The van der Waals surface area contributed by atoms with Crippen LogP contribution in [-0.2, 0) is 27.8 Å². The molecule has 1 amide bonds. The Bertz CT molecular complexity index is 1740. The van der Waals surface area contributed by atoms with Crippen LogP contribution < -0.4 is 5.82 Å². The molecule has 0 saturated carbocycles. The van der Waals surface area contributed by atoms with Gasteiger partial charge in [-0.05, 0) is 61.2 Å². The molecule has 0 bridgehead atoms. The van der Waals surface area contributed by atoms with Gasteiger partial charge in [-0.3, -0.25) is 4.79 Å². The number of halogens is 3. The summed E-state index contributed by atoms with van der Waals surface area (Å²) in [6, 6.07) is 6.50. The fraction of sp³-hybridized carbons (Fsp3) is 0.231. The second-order valence-corrected chi connectivity index (χ2v) is 10.7. The van der Waals surface area contributed by atoms with Crippen LogP contribution in [0.5, 0.6) is 0 Å². The highest BCUT2D eigenvalue weighted by Gasteiger charge is 2.38. The zero-order valence-electron chi connectivity index (χ0n) is 20.2. The molecule has 8 nitrogen and oxygen atoms in total. The summed E-state index contributed by atoms with van der Waals surface area (Å²) in [5.74, 6) is -3.58. The van der Waals surface area contributed by atoms with Gasteiger partial charge in [-0.1, -0.05) is 6.07 Å². The van der Waals surface area contributed by atoms with Crippen LogP contribution in [0.3, 0.4) is 0 Å². The Morgan fingerprint density at radius 1 is 1.11 bits per heavy atom. The molecule has 0 fully saturated rings. The van der Waals surface area contributed by atoms with Crippen LogP contribution in [0.4, 0.5) is 13.2 Å². The van der Waals surface area contributed by atoms with Crippen LogP contribution in [0, 0.1) is 24.4 Å². The van der Waals surface area contributed by atoms with E-state index >= 15 is 4.39 Å². The minimum absolute atomic E-state index is 0.0428. The van der Waals surface area contributed by atoms with Crippen molar-refractivity contribution in [2.75, 3.05) is 0 Å². The van der Waals surface area contributed by atoms with E-state index in [1.807, 2.05) is 0 Å². The number of rotatable bonds is 6. The number of aryl methyl sites for hydroxylation is 1. The SMILES string of the molecule is CC(=O)N(Cc1oc(=O)oc1C)C1CCc2c1cn(S(=O)(=O)c1cccc(F)c1)c2-c1ccc(F)cc1F. The summed E-state index contributed by atoms with van der Waals surface area (Å²) in [7, 11) is -4.44. The molecule has 198 valence electrons. The maximum atomic E-state index is 15.0. The van der Waals surface area contributed by atoms with Gasteiger partial charge in [0, 0.05) is 24.8 Å². The number of hydrogen-bond donors (Lipinski definition) is 0. The first kappa shape index (κ1) is 25.6. The van der Waals surface area contributed by atoms with Crippen LogP contribution in [0.2, 0.25) is 0 Å². The number of fused-ring (bicyclic) bond motifs is 1. The Hall–Kier alpha value is -4.06. The maximum Gasteiger partial charge on any atom is 0.519 e. The van der Waals surface area contributed by atoms with Gasteiger partial charge in [0.1, 0.15) is 23.2 Å². The first-order valence-corrected chi connectivity index (χ1v) is 13.0. The smallest absolute Gasteiger partial charge is 0.396 e. The Morgan fingerprint density at radius 2 is 1.84 bits per heavy atom. The van der Waals surface area contributed by atoms with Gasteiger partial charge < -0.3 is 13.7 Å². The summed E-state index contributed by atoms with van der Waals surface area (Å²) in [5, 5.41) is 0. The van der Waals surface area contributed by atoms with Crippen molar-refractivity contribution in [2.24, 2.45) is 0 Å². The van der Waals surface area contributed by atoms with Crippen molar-refractivity contribution in [3.63, 3.8) is 0 Å². The molecule has 5 rings (SSSR count). The highest BCUT2D eigenvalue weighted by atomic mass is 32.2. The van der Waals surface area contributed by atoms with Gasteiger partial charge in [0.15, 0.2) is 5.76 Å². The van der Waals surface area contributed by atoms with Crippen molar-refractivity contribution < 1.29 is 35.2 Å². The lowest BCUT2D eigenvalue weighted by atomic mass is 10.1. The molecule has 2 aromatic carbocycles. The van der Waals surface area contributed by atoms with Crippen LogP contribution in [-0.4, -0.2) is 23.2 Å². The molecule has 1 unspecified atom stereocenters. The van der Waals surface area contributed by atoms with E-state index in [9.17, 15) is 26.8 Å². The number of amides is 1. The number of carbonyl (C=O) groups is 1. The van der Waals surface area contributed by atoms with Crippen molar-refractivity contribution in [3.8, 4) is 11.3 Å². The Balaban J connectivity index is 1.70. The van der Waals surface area contributed by atoms with E-state index in [0.29, 0.717) is 23.6 Å². The van der Waals surface area contributed by atoms with Crippen LogP contribution >= 0.6 is 0 Å². The van der Waals surface area contributed by atoms with Gasteiger partial charge in [-0.15, -0.1) is 0 Å². The largest absolute Gasteiger partial charge is 0.519 e. The predicted octanol–water partition coefficient (Wildman–Crippen LogP) is 4.70. The first-order chi connectivity index (χ1) is 18.0. The molecule has 12 heteroatoms. The molecule has 0 spiro atoms. The third kappa shape index (κ3) is 4.34. The van der Waals surface area contributed by atoms with Gasteiger partial charge in [0.25, 0.3) is 10.0 Å². The second-order valence-electron chi connectivity index (χ2n) is 8.93. The predicted molar refractivity (Wildman–Crippen MR) is 128 cm³/mol. The Kier molecular flexibility index (Phi) is 6.30. The summed E-state index contributed by atoms with van der Waals surface area (Å²) in [6.45, 7) is 2.70. The normalized spacial score (nSPS) is 15.0. The quantitative estimate of drug-likeness (QED) is 0.347. The molecule has 0 aliphatic heterocycles. The highest BCUT2D eigenvalue weighted by Crippen LogP contribution is 2.44. The molecule has 0 saturated heterocycles. The van der Waals surface area contributed by atoms with E-state index < -0.39 is 39.3 Å². The molecule has 1 aliphatic rings.